The minimum absolute atomic E-state index is 0.0160. The highest BCUT2D eigenvalue weighted by Gasteiger charge is 2.34. The summed E-state index contributed by atoms with van der Waals surface area (Å²) in [6, 6.07) is 7.51. The molecule has 0 radical (unpaired) electrons. The van der Waals surface area contributed by atoms with Gasteiger partial charge in [0.2, 0.25) is 0 Å². The number of aromatic amines is 1. The molecule has 8 heteroatoms. The lowest BCUT2D eigenvalue weighted by Gasteiger charge is -2.35. The van der Waals surface area contributed by atoms with Crippen LogP contribution in [0.4, 0.5) is 0 Å². The van der Waals surface area contributed by atoms with Crippen LogP contribution in [0, 0.1) is 0 Å². The molecule has 7 nitrogen and oxygen atoms in total. The summed E-state index contributed by atoms with van der Waals surface area (Å²) < 4.78 is 2.21. The molecule has 1 N–H and O–H groups in total. The maximum absolute atomic E-state index is 13.4. The number of likely N-dealkylation sites (tertiary alicyclic amines) is 1. The molecule has 146 valence electrons. The summed E-state index contributed by atoms with van der Waals surface area (Å²) in [6.45, 7) is 3.39. The zero-order valence-corrected chi connectivity index (χ0v) is 16.6. The Bertz CT molecular complexity index is 1040. The van der Waals surface area contributed by atoms with Gasteiger partial charge in [0.1, 0.15) is 11.5 Å². The normalized spacial score (nSPS) is 20.5. The maximum Gasteiger partial charge on any atom is 0.270 e. The van der Waals surface area contributed by atoms with Crippen molar-refractivity contribution in [1.29, 1.82) is 0 Å². The first-order valence-electron chi connectivity index (χ1n) is 9.80. The van der Waals surface area contributed by atoms with Crippen molar-refractivity contribution >= 4 is 28.4 Å². The number of carbonyl (C=O) groups excluding carboxylic acids is 1. The van der Waals surface area contributed by atoms with Crippen molar-refractivity contribution in [3.8, 4) is 0 Å². The Morgan fingerprint density at radius 2 is 2.07 bits per heavy atom. The summed E-state index contributed by atoms with van der Waals surface area (Å²) in [6.07, 6.45) is 3.03. The fraction of sp³-hybridized carbons (Fsp3) is 0.450. The van der Waals surface area contributed by atoms with Crippen LogP contribution in [0.5, 0.6) is 0 Å². The predicted molar refractivity (Wildman–Crippen MR) is 107 cm³/mol. The van der Waals surface area contributed by atoms with Gasteiger partial charge in [-0.3, -0.25) is 9.69 Å². The highest BCUT2D eigenvalue weighted by Crippen LogP contribution is 2.33. The molecular weight excluding hydrogens is 376 g/mol. The van der Waals surface area contributed by atoms with E-state index in [1.54, 1.807) is 0 Å². The number of benzene rings is 1. The summed E-state index contributed by atoms with van der Waals surface area (Å²) >= 11 is 6.09. The van der Waals surface area contributed by atoms with E-state index in [0.717, 1.165) is 68.0 Å². The molecule has 2 aliphatic rings. The molecule has 4 heterocycles. The van der Waals surface area contributed by atoms with E-state index < -0.39 is 0 Å². The third-order valence-electron chi connectivity index (χ3n) is 5.85. The van der Waals surface area contributed by atoms with E-state index in [9.17, 15) is 4.79 Å². The minimum atomic E-state index is -0.0269. The number of likely N-dealkylation sites (N-methyl/N-ethyl adjacent to an activating group) is 1. The summed E-state index contributed by atoms with van der Waals surface area (Å²) in [5.74, 6) is 1.93. The van der Waals surface area contributed by atoms with Gasteiger partial charge in [-0.05, 0) is 44.5 Å². The molecule has 1 fully saturated rings. The van der Waals surface area contributed by atoms with Crippen molar-refractivity contribution in [2.75, 3.05) is 20.1 Å². The van der Waals surface area contributed by atoms with Crippen LogP contribution >= 0.6 is 11.6 Å². The summed E-state index contributed by atoms with van der Waals surface area (Å²) in [4.78, 5) is 20.8. The molecule has 2 aliphatic heterocycles. The van der Waals surface area contributed by atoms with Gasteiger partial charge in [-0.25, -0.2) is 0 Å². The molecule has 1 aromatic carbocycles. The number of piperidine rings is 1. The molecular formula is C20H23ClN6O. The first-order valence-corrected chi connectivity index (χ1v) is 10.2. The average molecular weight is 399 g/mol. The van der Waals surface area contributed by atoms with Crippen LogP contribution in [0.25, 0.3) is 10.9 Å². The van der Waals surface area contributed by atoms with Crippen molar-refractivity contribution in [3.63, 3.8) is 0 Å². The highest BCUT2D eigenvalue weighted by molar-refractivity contribution is 6.31. The standard InChI is InChI=1S/C20H23ClN6O/c1-25-8-9-27-18(12-25)23-24-19(27)17-4-2-3-7-26(17)20(28)16-10-13-5-6-14(21)11-15(13)22-16/h5-6,10-11,17,22H,2-4,7-9,12H2,1H3. The number of carbonyl (C=O) groups is 1. The third-order valence-corrected chi connectivity index (χ3v) is 6.08. The molecule has 3 aromatic rings. The van der Waals surface area contributed by atoms with Crippen LogP contribution in [0.15, 0.2) is 24.3 Å². The van der Waals surface area contributed by atoms with Gasteiger partial charge in [0, 0.05) is 35.6 Å². The zero-order valence-electron chi connectivity index (χ0n) is 15.9. The Labute approximate surface area is 168 Å². The Kier molecular flexibility index (Phi) is 4.36. The molecule has 1 unspecified atom stereocenters. The minimum Gasteiger partial charge on any atom is -0.350 e. The number of nitrogens with zero attached hydrogens (tertiary/aromatic N) is 5. The van der Waals surface area contributed by atoms with Gasteiger partial charge in [0.15, 0.2) is 5.82 Å². The van der Waals surface area contributed by atoms with Gasteiger partial charge in [0.05, 0.1) is 12.6 Å². The number of aromatic nitrogens is 4. The first kappa shape index (κ1) is 17.7. The van der Waals surface area contributed by atoms with Crippen LogP contribution in [-0.2, 0) is 13.1 Å². The van der Waals surface area contributed by atoms with Crippen molar-refractivity contribution in [2.45, 2.75) is 38.4 Å². The molecule has 0 bridgehead atoms. The largest absolute Gasteiger partial charge is 0.350 e. The molecule has 1 saturated heterocycles. The third kappa shape index (κ3) is 2.99. The Morgan fingerprint density at radius 3 is 2.96 bits per heavy atom. The topological polar surface area (TPSA) is 70.1 Å². The molecule has 1 amide bonds. The lowest BCUT2D eigenvalue weighted by atomic mass is 10.0. The summed E-state index contributed by atoms with van der Waals surface area (Å²) in [5.41, 5.74) is 1.48. The molecule has 28 heavy (non-hydrogen) atoms. The number of hydrogen-bond acceptors (Lipinski definition) is 4. The van der Waals surface area contributed by atoms with E-state index in [2.05, 4.69) is 31.7 Å². The first-order chi connectivity index (χ1) is 13.6. The Hall–Kier alpha value is -2.38. The van der Waals surface area contributed by atoms with E-state index in [1.165, 1.54) is 0 Å². The van der Waals surface area contributed by atoms with E-state index in [-0.39, 0.29) is 11.9 Å². The SMILES string of the molecule is CN1CCn2c(nnc2C2CCCCN2C(=O)c2cc3ccc(Cl)cc3[nH]2)C1. The Balaban J connectivity index is 1.48. The van der Waals surface area contributed by atoms with E-state index >= 15 is 0 Å². The predicted octanol–water partition coefficient (Wildman–Crippen LogP) is 3.23. The lowest BCUT2D eigenvalue weighted by Crippen LogP contribution is -2.41. The van der Waals surface area contributed by atoms with E-state index in [1.807, 2.05) is 29.2 Å². The number of hydrogen-bond donors (Lipinski definition) is 1. The molecule has 1 atom stereocenters. The van der Waals surface area contributed by atoms with E-state index in [4.69, 9.17) is 11.6 Å². The van der Waals surface area contributed by atoms with Crippen LogP contribution < -0.4 is 0 Å². The van der Waals surface area contributed by atoms with E-state index in [0.29, 0.717) is 10.7 Å². The lowest BCUT2D eigenvalue weighted by molar-refractivity contribution is 0.0586. The molecule has 0 aliphatic carbocycles. The van der Waals surface area contributed by atoms with Gasteiger partial charge >= 0.3 is 0 Å². The maximum atomic E-state index is 13.4. The zero-order chi connectivity index (χ0) is 19.3. The van der Waals surface area contributed by atoms with Crippen molar-refractivity contribution in [1.82, 2.24) is 29.5 Å². The number of fused-ring (bicyclic) bond motifs is 2. The molecule has 5 rings (SSSR count). The van der Waals surface area contributed by atoms with Gasteiger partial charge in [-0.15, -0.1) is 10.2 Å². The highest BCUT2D eigenvalue weighted by atomic mass is 35.5. The average Bonchev–Trinajstić information content (AvgIpc) is 3.30. The molecule has 2 aromatic heterocycles. The van der Waals surface area contributed by atoms with Crippen LogP contribution in [0.1, 0.15) is 47.4 Å². The monoisotopic (exact) mass is 398 g/mol. The number of halogens is 1. The fourth-order valence-corrected chi connectivity index (χ4v) is 4.53. The van der Waals surface area contributed by atoms with Gasteiger partial charge < -0.3 is 14.5 Å². The number of amides is 1. The summed E-state index contributed by atoms with van der Waals surface area (Å²) in [7, 11) is 2.09. The Morgan fingerprint density at radius 1 is 1.18 bits per heavy atom. The van der Waals surface area contributed by atoms with Crippen molar-refractivity contribution in [3.05, 3.63) is 46.6 Å². The second kappa shape index (κ2) is 6.90. The number of nitrogens with one attached hydrogen (secondary N) is 1. The second-order valence-corrected chi connectivity index (χ2v) is 8.22. The van der Waals surface area contributed by atoms with Gasteiger partial charge in [0.25, 0.3) is 5.91 Å². The number of H-pyrrole nitrogens is 1. The quantitative estimate of drug-likeness (QED) is 0.719. The van der Waals surface area contributed by atoms with Gasteiger partial charge in [-0.1, -0.05) is 17.7 Å². The fourth-order valence-electron chi connectivity index (χ4n) is 4.36. The smallest absolute Gasteiger partial charge is 0.270 e. The molecule has 0 saturated carbocycles. The second-order valence-electron chi connectivity index (χ2n) is 7.79. The van der Waals surface area contributed by atoms with Crippen LogP contribution in [-0.4, -0.2) is 55.6 Å². The number of rotatable bonds is 2. The van der Waals surface area contributed by atoms with Crippen LogP contribution in [0.2, 0.25) is 5.02 Å². The summed E-state index contributed by atoms with van der Waals surface area (Å²) in [5, 5.41) is 10.6. The molecule has 0 spiro atoms. The van der Waals surface area contributed by atoms with Crippen molar-refractivity contribution in [2.24, 2.45) is 0 Å². The van der Waals surface area contributed by atoms with Crippen molar-refractivity contribution < 1.29 is 4.79 Å². The van der Waals surface area contributed by atoms with Crippen LogP contribution in [0.3, 0.4) is 0 Å². The van der Waals surface area contributed by atoms with Gasteiger partial charge in [-0.2, -0.15) is 0 Å².